The van der Waals surface area contributed by atoms with Crippen molar-refractivity contribution in [2.24, 2.45) is 0 Å². The zero-order valence-electron chi connectivity index (χ0n) is 10.8. The lowest BCUT2D eigenvalue weighted by atomic mass is 10.2. The molecule has 0 amide bonds. The number of unbranched alkanes of at least 4 members (excludes halogenated alkanes) is 1. The van der Waals surface area contributed by atoms with Gasteiger partial charge in [0.15, 0.2) is 0 Å². The predicted molar refractivity (Wildman–Crippen MR) is 66.2 cm³/mol. The highest BCUT2D eigenvalue weighted by Crippen LogP contribution is 1.97. The summed E-state index contributed by atoms with van der Waals surface area (Å²) in [5.74, 6) is 0. The Labute approximate surface area is 94.9 Å². The van der Waals surface area contributed by atoms with Crippen molar-refractivity contribution in [2.45, 2.75) is 52.7 Å². The van der Waals surface area contributed by atoms with Crippen molar-refractivity contribution in [3.8, 4) is 0 Å². The van der Waals surface area contributed by atoms with E-state index in [4.69, 9.17) is 0 Å². The molecule has 0 aliphatic carbocycles. The quantitative estimate of drug-likeness (QED) is 0.612. The number of hydrogen-bond acceptors (Lipinski definition) is 3. The Morgan fingerprint density at radius 3 is 2.40 bits per heavy atom. The zero-order valence-corrected chi connectivity index (χ0v) is 10.8. The summed E-state index contributed by atoms with van der Waals surface area (Å²) in [6, 6.07) is 0.449. The molecule has 0 aliphatic heterocycles. The summed E-state index contributed by atoms with van der Waals surface area (Å²) in [4.78, 5) is 2.32. The maximum atomic E-state index is 9.79. The summed E-state index contributed by atoms with van der Waals surface area (Å²) in [5.41, 5.74) is 0. The Kier molecular flexibility index (Phi) is 9.06. The van der Waals surface area contributed by atoms with E-state index in [0.717, 1.165) is 19.6 Å². The molecule has 1 atom stereocenters. The number of nitrogens with one attached hydrogen (secondary N) is 1. The van der Waals surface area contributed by atoms with Gasteiger partial charge in [-0.1, -0.05) is 34.1 Å². The van der Waals surface area contributed by atoms with Gasteiger partial charge in [-0.2, -0.15) is 0 Å². The van der Waals surface area contributed by atoms with Crippen molar-refractivity contribution in [3.63, 3.8) is 0 Å². The first kappa shape index (κ1) is 14.9. The van der Waals surface area contributed by atoms with Crippen LogP contribution in [0.4, 0.5) is 0 Å². The third-order valence-electron chi connectivity index (χ3n) is 2.51. The Morgan fingerprint density at radius 1 is 1.27 bits per heavy atom. The summed E-state index contributed by atoms with van der Waals surface area (Å²) in [6.45, 7) is 12.2. The van der Waals surface area contributed by atoms with Gasteiger partial charge >= 0.3 is 0 Å². The molecule has 0 aromatic heterocycles. The number of hydrogen-bond donors (Lipinski definition) is 2. The maximum absolute atomic E-state index is 9.79. The third-order valence-corrected chi connectivity index (χ3v) is 2.51. The first-order valence-corrected chi connectivity index (χ1v) is 6.23. The number of aliphatic hydroxyl groups is 1. The van der Waals surface area contributed by atoms with E-state index in [-0.39, 0.29) is 6.10 Å². The minimum Gasteiger partial charge on any atom is -0.390 e. The van der Waals surface area contributed by atoms with E-state index in [2.05, 4.69) is 37.9 Å². The van der Waals surface area contributed by atoms with Crippen LogP contribution in [0.3, 0.4) is 0 Å². The highest BCUT2D eigenvalue weighted by molar-refractivity contribution is 4.67. The molecular formula is C12H28N2O. The monoisotopic (exact) mass is 216 g/mol. The fourth-order valence-electron chi connectivity index (χ4n) is 1.49. The lowest BCUT2D eigenvalue weighted by Crippen LogP contribution is -2.40. The summed E-state index contributed by atoms with van der Waals surface area (Å²) >= 11 is 0. The van der Waals surface area contributed by atoms with Crippen LogP contribution in [0.15, 0.2) is 0 Å². The van der Waals surface area contributed by atoms with Crippen molar-refractivity contribution in [1.82, 2.24) is 10.2 Å². The lowest BCUT2D eigenvalue weighted by Gasteiger charge is -2.24. The molecule has 0 aliphatic rings. The van der Waals surface area contributed by atoms with E-state index < -0.39 is 0 Å². The SMILES string of the molecule is CCCCN(CC)CC(O)CNC(C)C. The van der Waals surface area contributed by atoms with E-state index in [1.54, 1.807) is 0 Å². The van der Waals surface area contributed by atoms with Gasteiger partial charge in [-0.3, -0.25) is 0 Å². The number of aliphatic hydroxyl groups excluding tert-OH is 1. The molecule has 0 saturated heterocycles. The van der Waals surface area contributed by atoms with Gasteiger partial charge in [0, 0.05) is 19.1 Å². The Bertz CT molecular complexity index is 140. The molecule has 3 nitrogen and oxygen atoms in total. The summed E-state index contributed by atoms with van der Waals surface area (Å²) in [6.07, 6.45) is 2.19. The van der Waals surface area contributed by atoms with Crippen molar-refractivity contribution < 1.29 is 5.11 Å². The number of nitrogens with zero attached hydrogens (tertiary/aromatic N) is 1. The van der Waals surface area contributed by atoms with Crippen molar-refractivity contribution in [1.29, 1.82) is 0 Å². The second kappa shape index (κ2) is 9.13. The van der Waals surface area contributed by atoms with E-state index in [0.29, 0.717) is 12.6 Å². The molecule has 2 N–H and O–H groups in total. The molecule has 0 aromatic carbocycles. The van der Waals surface area contributed by atoms with Gasteiger partial charge in [0.25, 0.3) is 0 Å². The smallest absolute Gasteiger partial charge is 0.0791 e. The molecule has 0 bridgehead atoms. The first-order chi connectivity index (χ1) is 7.10. The fourth-order valence-corrected chi connectivity index (χ4v) is 1.49. The summed E-state index contributed by atoms with van der Waals surface area (Å²) in [5, 5.41) is 13.0. The van der Waals surface area contributed by atoms with Crippen molar-refractivity contribution in [2.75, 3.05) is 26.2 Å². The number of rotatable bonds is 9. The largest absolute Gasteiger partial charge is 0.390 e. The van der Waals surface area contributed by atoms with Gasteiger partial charge in [-0.25, -0.2) is 0 Å². The molecule has 0 saturated carbocycles. The molecule has 0 fully saturated rings. The molecule has 0 rings (SSSR count). The van der Waals surface area contributed by atoms with Crippen LogP contribution in [0.25, 0.3) is 0 Å². The molecule has 1 unspecified atom stereocenters. The molecular weight excluding hydrogens is 188 g/mol. The average Bonchev–Trinajstić information content (AvgIpc) is 2.21. The van der Waals surface area contributed by atoms with Crippen LogP contribution in [0.5, 0.6) is 0 Å². The summed E-state index contributed by atoms with van der Waals surface area (Å²) in [7, 11) is 0. The van der Waals surface area contributed by atoms with Gasteiger partial charge in [0.1, 0.15) is 0 Å². The fraction of sp³-hybridized carbons (Fsp3) is 1.00. The zero-order chi connectivity index (χ0) is 11.7. The molecule has 3 heteroatoms. The molecule has 0 spiro atoms. The molecule has 0 aromatic rings. The van der Waals surface area contributed by atoms with Gasteiger partial charge < -0.3 is 15.3 Å². The lowest BCUT2D eigenvalue weighted by molar-refractivity contribution is 0.111. The minimum absolute atomic E-state index is 0.246. The van der Waals surface area contributed by atoms with Gasteiger partial charge in [0.05, 0.1) is 6.10 Å². The second-order valence-electron chi connectivity index (χ2n) is 4.46. The second-order valence-corrected chi connectivity index (χ2v) is 4.46. The predicted octanol–water partition coefficient (Wildman–Crippen LogP) is 1.47. The standard InChI is InChI=1S/C12H28N2O/c1-5-7-8-14(6-2)10-12(15)9-13-11(3)4/h11-13,15H,5-10H2,1-4H3. The highest BCUT2D eigenvalue weighted by atomic mass is 16.3. The van der Waals surface area contributed by atoms with Crippen LogP contribution in [-0.4, -0.2) is 48.3 Å². The van der Waals surface area contributed by atoms with Crippen LogP contribution in [-0.2, 0) is 0 Å². The van der Waals surface area contributed by atoms with Crippen molar-refractivity contribution in [3.05, 3.63) is 0 Å². The Balaban J connectivity index is 3.64. The van der Waals surface area contributed by atoms with E-state index >= 15 is 0 Å². The number of likely N-dealkylation sites (N-methyl/N-ethyl adjacent to an activating group) is 1. The molecule has 0 radical (unpaired) electrons. The average molecular weight is 216 g/mol. The van der Waals surface area contributed by atoms with Gasteiger partial charge in [-0.15, -0.1) is 0 Å². The maximum Gasteiger partial charge on any atom is 0.0791 e. The van der Waals surface area contributed by atoms with Crippen LogP contribution < -0.4 is 5.32 Å². The van der Waals surface area contributed by atoms with Crippen LogP contribution in [0.2, 0.25) is 0 Å². The van der Waals surface area contributed by atoms with E-state index in [9.17, 15) is 5.11 Å². The molecule has 92 valence electrons. The van der Waals surface area contributed by atoms with Gasteiger partial charge in [-0.05, 0) is 19.5 Å². The normalized spacial score (nSPS) is 13.8. The van der Waals surface area contributed by atoms with Crippen LogP contribution >= 0.6 is 0 Å². The Morgan fingerprint density at radius 2 is 1.93 bits per heavy atom. The van der Waals surface area contributed by atoms with Gasteiger partial charge in [0.2, 0.25) is 0 Å². The Hall–Kier alpha value is -0.120. The summed E-state index contributed by atoms with van der Waals surface area (Å²) < 4.78 is 0. The van der Waals surface area contributed by atoms with Crippen LogP contribution in [0.1, 0.15) is 40.5 Å². The first-order valence-electron chi connectivity index (χ1n) is 6.23. The van der Waals surface area contributed by atoms with Crippen molar-refractivity contribution >= 4 is 0 Å². The highest BCUT2D eigenvalue weighted by Gasteiger charge is 2.09. The minimum atomic E-state index is -0.246. The third kappa shape index (κ3) is 8.85. The molecule has 0 heterocycles. The topological polar surface area (TPSA) is 35.5 Å². The molecule has 15 heavy (non-hydrogen) atoms. The van der Waals surface area contributed by atoms with E-state index in [1.807, 2.05) is 0 Å². The van der Waals surface area contributed by atoms with E-state index in [1.165, 1.54) is 12.8 Å². The van der Waals surface area contributed by atoms with Crippen LogP contribution in [0, 0.1) is 0 Å².